The predicted octanol–water partition coefficient (Wildman–Crippen LogP) is 1.78. The van der Waals surface area contributed by atoms with Crippen molar-refractivity contribution in [3.8, 4) is 0 Å². The van der Waals surface area contributed by atoms with Crippen molar-refractivity contribution in [3.63, 3.8) is 0 Å². The first-order chi connectivity index (χ1) is 7.45. The van der Waals surface area contributed by atoms with Gasteiger partial charge in [-0.15, -0.1) is 10.2 Å². The molecule has 0 aromatic carbocycles. The first-order valence-electron chi connectivity index (χ1n) is 4.27. The second kappa shape index (κ2) is 3.60. The number of aryl methyl sites for hydroxylation is 1. The maximum absolute atomic E-state index is 13.3. The van der Waals surface area contributed by atoms with Crippen LogP contribution in [0.25, 0.3) is 5.65 Å². The van der Waals surface area contributed by atoms with Crippen LogP contribution in [0.4, 0.5) is 8.78 Å². The van der Waals surface area contributed by atoms with E-state index < -0.39 is 11.9 Å². The molecule has 0 amide bonds. The molecule has 2 rings (SSSR count). The van der Waals surface area contributed by atoms with Crippen molar-refractivity contribution in [1.29, 1.82) is 0 Å². The highest BCUT2D eigenvalue weighted by atomic mass is 35.5. The average Bonchev–Trinajstić information content (AvgIpc) is 2.62. The van der Waals surface area contributed by atoms with E-state index in [1.54, 1.807) is 6.92 Å². The number of alkyl halides is 2. The fourth-order valence-corrected chi connectivity index (χ4v) is 1.30. The highest BCUT2D eigenvalue weighted by Gasteiger charge is 2.38. The molecule has 5 nitrogen and oxygen atoms in total. The Morgan fingerprint density at radius 3 is 2.75 bits per heavy atom. The lowest BCUT2D eigenvalue weighted by Gasteiger charge is -2.10. The fourth-order valence-electron chi connectivity index (χ4n) is 1.17. The number of rotatable bonds is 2. The molecule has 0 radical (unpaired) electrons. The van der Waals surface area contributed by atoms with E-state index in [4.69, 9.17) is 11.6 Å². The maximum atomic E-state index is 13.3. The van der Waals surface area contributed by atoms with Crippen LogP contribution in [-0.4, -0.2) is 26.9 Å². The zero-order chi connectivity index (χ0) is 11.9. The minimum Gasteiger partial charge on any atom is -0.317 e. The molecule has 86 valence electrons. The van der Waals surface area contributed by atoms with Crippen LogP contribution >= 0.6 is 11.6 Å². The lowest BCUT2D eigenvalue weighted by atomic mass is 10.3. The van der Waals surface area contributed by atoms with E-state index in [1.807, 2.05) is 0 Å². The maximum Gasteiger partial charge on any atom is 0.419 e. The molecule has 0 aliphatic heterocycles. The Kier molecular flexibility index (Phi) is 2.51. The van der Waals surface area contributed by atoms with Crippen molar-refractivity contribution < 1.29 is 13.5 Å². The van der Waals surface area contributed by atoms with E-state index in [0.717, 1.165) is 11.6 Å². The monoisotopic (exact) mass is 248 g/mol. The van der Waals surface area contributed by atoms with Crippen molar-refractivity contribution in [2.75, 3.05) is 7.11 Å². The predicted molar refractivity (Wildman–Crippen MR) is 51.4 cm³/mol. The van der Waals surface area contributed by atoms with Crippen molar-refractivity contribution in [3.05, 3.63) is 22.6 Å². The van der Waals surface area contributed by atoms with Crippen LogP contribution in [0.3, 0.4) is 0 Å². The van der Waals surface area contributed by atoms with Gasteiger partial charge in [-0.25, -0.2) is 0 Å². The van der Waals surface area contributed by atoms with Crippen molar-refractivity contribution >= 4 is 17.2 Å². The zero-order valence-corrected chi connectivity index (χ0v) is 9.16. The molecular weight excluding hydrogens is 242 g/mol. The van der Waals surface area contributed by atoms with Gasteiger partial charge in [0.25, 0.3) is 5.82 Å². The quantitative estimate of drug-likeness (QED) is 0.813. The molecule has 0 aliphatic rings. The molecule has 8 heteroatoms. The van der Waals surface area contributed by atoms with Crippen molar-refractivity contribution in [2.45, 2.75) is 13.0 Å². The second-order valence-electron chi connectivity index (χ2n) is 3.13. The molecular formula is C8H7ClF2N4O. The number of halogens is 3. The Balaban J connectivity index is 2.70. The zero-order valence-electron chi connectivity index (χ0n) is 8.41. The topological polar surface area (TPSA) is 52.3 Å². The average molecular weight is 249 g/mol. The number of methoxy groups -OCH3 is 1. The number of ether oxygens (including phenoxy) is 1. The van der Waals surface area contributed by atoms with Gasteiger partial charge in [-0.05, 0) is 18.6 Å². The van der Waals surface area contributed by atoms with Crippen LogP contribution in [0.5, 0.6) is 0 Å². The normalized spacial score (nSPS) is 12.3. The summed E-state index contributed by atoms with van der Waals surface area (Å²) in [5.74, 6) is -0.702. The third-order valence-corrected chi connectivity index (χ3v) is 2.41. The highest BCUT2D eigenvalue weighted by Crippen LogP contribution is 2.27. The summed E-state index contributed by atoms with van der Waals surface area (Å²) in [4.78, 5) is 0. The Morgan fingerprint density at radius 1 is 1.44 bits per heavy atom. The van der Waals surface area contributed by atoms with Gasteiger partial charge in [0.2, 0.25) is 0 Å². The molecule has 0 atom stereocenters. The Morgan fingerprint density at radius 2 is 2.12 bits per heavy atom. The Hall–Kier alpha value is -1.34. The molecule has 0 fully saturated rings. The largest absolute Gasteiger partial charge is 0.419 e. The van der Waals surface area contributed by atoms with E-state index in [9.17, 15) is 8.78 Å². The number of aromatic nitrogens is 4. The summed E-state index contributed by atoms with van der Waals surface area (Å²) in [7, 11) is 0.872. The van der Waals surface area contributed by atoms with Gasteiger partial charge in [0, 0.05) is 7.11 Å². The fraction of sp³-hybridized carbons (Fsp3) is 0.375. The van der Waals surface area contributed by atoms with Crippen molar-refractivity contribution in [1.82, 2.24) is 19.8 Å². The molecule has 2 aromatic heterocycles. The van der Waals surface area contributed by atoms with Gasteiger partial charge in [0.1, 0.15) is 0 Å². The molecule has 2 aromatic rings. The molecule has 0 bridgehead atoms. The van der Waals surface area contributed by atoms with Crippen LogP contribution in [0, 0.1) is 6.92 Å². The first kappa shape index (κ1) is 11.2. The van der Waals surface area contributed by atoms with Crippen molar-refractivity contribution in [2.24, 2.45) is 0 Å². The van der Waals surface area contributed by atoms with Crippen LogP contribution in [0.1, 0.15) is 11.4 Å². The summed E-state index contributed by atoms with van der Waals surface area (Å²) in [6, 6.07) is 1.51. The summed E-state index contributed by atoms with van der Waals surface area (Å²) in [5, 5.41) is 10.8. The molecule has 0 spiro atoms. The van der Waals surface area contributed by atoms with Gasteiger partial charge in [-0.3, -0.25) is 0 Å². The number of fused-ring (bicyclic) bond motifs is 1. The van der Waals surface area contributed by atoms with Crippen LogP contribution in [0.15, 0.2) is 6.07 Å². The lowest BCUT2D eigenvalue weighted by Crippen LogP contribution is -2.20. The van der Waals surface area contributed by atoms with Gasteiger partial charge in [-0.2, -0.15) is 18.4 Å². The van der Waals surface area contributed by atoms with Crippen LogP contribution < -0.4 is 0 Å². The molecule has 16 heavy (non-hydrogen) atoms. The smallest absolute Gasteiger partial charge is 0.317 e. The highest BCUT2D eigenvalue weighted by molar-refractivity contribution is 6.30. The minimum atomic E-state index is -3.55. The van der Waals surface area contributed by atoms with E-state index in [0.29, 0.717) is 5.56 Å². The van der Waals surface area contributed by atoms with E-state index in [2.05, 4.69) is 20.0 Å². The van der Waals surface area contributed by atoms with Gasteiger partial charge >= 0.3 is 6.11 Å². The summed E-state index contributed by atoms with van der Waals surface area (Å²) in [6.45, 7) is 1.69. The molecule has 0 N–H and O–H groups in total. The van der Waals surface area contributed by atoms with Crippen LogP contribution in [-0.2, 0) is 10.8 Å². The van der Waals surface area contributed by atoms with E-state index in [-0.39, 0.29) is 10.8 Å². The third-order valence-electron chi connectivity index (χ3n) is 2.04. The summed E-state index contributed by atoms with van der Waals surface area (Å²) in [5.41, 5.74) is 0.822. The van der Waals surface area contributed by atoms with E-state index in [1.165, 1.54) is 6.07 Å². The Labute approximate surface area is 94.0 Å². The SMILES string of the molecule is COC(F)(F)c1nnc2cc(C)c(Cl)nn12. The van der Waals surface area contributed by atoms with Gasteiger partial charge in [0.05, 0.1) is 0 Å². The summed E-state index contributed by atoms with van der Waals surface area (Å²) < 4.78 is 31.4. The number of nitrogens with zero attached hydrogens (tertiary/aromatic N) is 4. The van der Waals surface area contributed by atoms with Gasteiger partial charge in [0.15, 0.2) is 10.8 Å². The number of hydrogen-bond donors (Lipinski definition) is 0. The van der Waals surface area contributed by atoms with Gasteiger partial charge in [-0.1, -0.05) is 11.6 Å². The number of hydrogen-bond acceptors (Lipinski definition) is 4. The molecule has 0 aliphatic carbocycles. The van der Waals surface area contributed by atoms with E-state index >= 15 is 0 Å². The molecule has 2 heterocycles. The lowest BCUT2D eigenvalue weighted by molar-refractivity contribution is -0.238. The standard InChI is InChI=1S/C8H7ClF2N4O/c1-4-3-5-12-13-7(8(10,11)16-2)15(5)14-6(4)9/h3H,1-2H3. The molecule has 0 unspecified atom stereocenters. The second-order valence-corrected chi connectivity index (χ2v) is 3.49. The first-order valence-corrected chi connectivity index (χ1v) is 4.65. The minimum absolute atomic E-state index is 0.112. The van der Waals surface area contributed by atoms with Crippen LogP contribution in [0.2, 0.25) is 5.15 Å². The van der Waals surface area contributed by atoms with Gasteiger partial charge < -0.3 is 4.74 Å². The Bertz CT molecular complexity index is 542. The summed E-state index contributed by atoms with van der Waals surface area (Å²) >= 11 is 5.74. The molecule has 0 saturated carbocycles. The molecule has 0 saturated heterocycles. The summed E-state index contributed by atoms with van der Waals surface area (Å²) in [6.07, 6.45) is -3.55. The third kappa shape index (κ3) is 1.61.